The molecule has 0 spiro atoms. The third-order valence-electron chi connectivity index (χ3n) is 4.53. The number of piperazine rings is 1. The second-order valence-electron chi connectivity index (χ2n) is 6.17. The molecule has 1 aliphatic rings. The van der Waals surface area contributed by atoms with Crippen LogP contribution in [0, 0.1) is 11.3 Å². The maximum absolute atomic E-state index is 9.55. The fourth-order valence-electron chi connectivity index (χ4n) is 3.27. The quantitative estimate of drug-likeness (QED) is 0.668. The highest BCUT2D eigenvalue weighted by atomic mass is 15.3. The molecule has 2 radical (unpaired) electrons. The summed E-state index contributed by atoms with van der Waals surface area (Å²) in [7, 11) is 6.02. The van der Waals surface area contributed by atoms with Gasteiger partial charge in [-0.25, -0.2) is 0 Å². The zero-order chi connectivity index (χ0) is 17.7. The van der Waals surface area contributed by atoms with Crippen molar-refractivity contribution >= 4 is 24.7 Å². The van der Waals surface area contributed by atoms with Crippen LogP contribution in [0.25, 0.3) is 5.70 Å². The van der Waals surface area contributed by atoms with Crippen molar-refractivity contribution in [2.45, 2.75) is 26.8 Å². The van der Waals surface area contributed by atoms with Crippen LogP contribution in [0.3, 0.4) is 0 Å². The van der Waals surface area contributed by atoms with E-state index in [2.05, 4.69) is 41.6 Å². The van der Waals surface area contributed by atoms with E-state index in [9.17, 15) is 5.26 Å². The Morgan fingerprint density at radius 3 is 2.83 bits per heavy atom. The summed E-state index contributed by atoms with van der Waals surface area (Å²) in [4.78, 5) is 4.76. The van der Waals surface area contributed by atoms with Gasteiger partial charge in [-0.1, -0.05) is 31.1 Å². The number of anilines is 1. The Balaban J connectivity index is 2.51. The van der Waals surface area contributed by atoms with Crippen molar-refractivity contribution in [3.63, 3.8) is 0 Å². The molecule has 0 bridgehead atoms. The maximum Gasteiger partial charge on any atom is 0.113 e. The van der Waals surface area contributed by atoms with Crippen molar-refractivity contribution in [1.82, 2.24) is 9.80 Å². The highest BCUT2D eigenvalue weighted by Crippen LogP contribution is 2.31. The smallest absolute Gasteiger partial charge is 0.113 e. The van der Waals surface area contributed by atoms with Crippen LogP contribution in [-0.2, 0) is 0 Å². The summed E-state index contributed by atoms with van der Waals surface area (Å²) in [5.41, 5.74) is 4.20. The highest BCUT2D eigenvalue weighted by Gasteiger charge is 2.27. The predicted molar refractivity (Wildman–Crippen MR) is 102 cm³/mol. The molecular formula is C19H25BN4. The van der Waals surface area contributed by atoms with Gasteiger partial charge in [-0.3, -0.25) is 4.90 Å². The van der Waals surface area contributed by atoms with Crippen LogP contribution in [0.5, 0.6) is 0 Å². The Morgan fingerprint density at radius 2 is 2.25 bits per heavy atom. The molecule has 0 aliphatic carbocycles. The van der Waals surface area contributed by atoms with E-state index < -0.39 is 0 Å². The largest absolute Gasteiger partial charge is 0.365 e. The van der Waals surface area contributed by atoms with Gasteiger partial charge >= 0.3 is 0 Å². The molecule has 1 saturated heterocycles. The second kappa shape index (κ2) is 8.07. The van der Waals surface area contributed by atoms with Crippen molar-refractivity contribution in [3.8, 4) is 6.07 Å². The van der Waals surface area contributed by atoms with E-state index in [0.29, 0.717) is 17.1 Å². The van der Waals surface area contributed by atoms with Gasteiger partial charge in [0.15, 0.2) is 0 Å². The molecule has 124 valence electrons. The Bertz CT molecular complexity index is 674. The molecule has 1 heterocycles. The lowest BCUT2D eigenvalue weighted by Crippen LogP contribution is -2.50. The molecule has 2 rings (SSSR count). The van der Waals surface area contributed by atoms with Gasteiger partial charge in [0.1, 0.15) is 7.85 Å². The van der Waals surface area contributed by atoms with Gasteiger partial charge in [-0.2, -0.15) is 5.26 Å². The first kappa shape index (κ1) is 18.2. The van der Waals surface area contributed by atoms with E-state index in [1.54, 1.807) is 6.20 Å². The average molecular weight is 320 g/mol. The zero-order valence-corrected chi connectivity index (χ0v) is 14.8. The number of likely N-dealkylation sites (N-methyl/N-ethyl adjacent to an activating group) is 1. The Morgan fingerprint density at radius 1 is 1.50 bits per heavy atom. The molecule has 1 fully saturated rings. The number of nitrogens with one attached hydrogen (secondary N) is 1. The zero-order valence-electron chi connectivity index (χ0n) is 14.8. The summed E-state index contributed by atoms with van der Waals surface area (Å²) in [5.74, 6) is 0. The number of hydrogen-bond donors (Lipinski definition) is 1. The monoisotopic (exact) mass is 320 g/mol. The fraction of sp³-hybridized carbons (Fsp3) is 0.421. The van der Waals surface area contributed by atoms with Crippen LogP contribution in [0.4, 0.5) is 5.69 Å². The molecule has 1 unspecified atom stereocenters. The molecule has 1 N–H and O–H groups in total. The van der Waals surface area contributed by atoms with Crippen LogP contribution in [0.1, 0.15) is 26.3 Å². The number of hydrogen-bond acceptors (Lipinski definition) is 4. The summed E-state index contributed by atoms with van der Waals surface area (Å²) in [5, 5.41) is 12.7. The van der Waals surface area contributed by atoms with Gasteiger partial charge in [0.2, 0.25) is 0 Å². The molecular weight excluding hydrogens is 295 g/mol. The maximum atomic E-state index is 9.55. The van der Waals surface area contributed by atoms with Gasteiger partial charge in [-0.05, 0) is 32.7 Å². The molecule has 1 aromatic carbocycles. The molecule has 1 aromatic rings. The van der Waals surface area contributed by atoms with Crippen molar-refractivity contribution in [3.05, 3.63) is 42.1 Å². The highest BCUT2D eigenvalue weighted by molar-refractivity contribution is 6.32. The van der Waals surface area contributed by atoms with Crippen molar-refractivity contribution in [2.75, 3.05) is 31.5 Å². The Labute approximate surface area is 146 Å². The number of nitriles is 1. The lowest BCUT2D eigenvalue weighted by atomic mass is 9.91. The number of rotatable bonds is 5. The van der Waals surface area contributed by atoms with Crippen LogP contribution in [0.15, 0.2) is 36.6 Å². The number of benzene rings is 1. The van der Waals surface area contributed by atoms with E-state index in [-0.39, 0.29) is 0 Å². The number of allylic oxidation sites excluding steroid dienone is 1. The second-order valence-corrected chi connectivity index (χ2v) is 6.17. The van der Waals surface area contributed by atoms with Gasteiger partial charge in [-0.15, -0.1) is 0 Å². The summed E-state index contributed by atoms with van der Waals surface area (Å²) < 4.78 is 0. The standard InChI is InChI=1S/C19H25BN4/c1-5-22-18-8-7-16(20)11-17(18)19(14(3)12-21)24-10-9-23(6-2)13-15(24)4/h5,7-8,11,15,22H,1,6,9-10,13H2,2-4H3/b19-14-. The van der Waals surface area contributed by atoms with Gasteiger partial charge < -0.3 is 10.2 Å². The fourth-order valence-corrected chi connectivity index (χ4v) is 3.27. The van der Waals surface area contributed by atoms with E-state index >= 15 is 0 Å². The molecule has 0 amide bonds. The Hall–Kier alpha value is -2.19. The first-order valence-electron chi connectivity index (χ1n) is 8.39. The first-order chi connectivity index (χ1) is 11.5. The minimum absolute atomic E-state index is 0.329. The Kier molecular flexibility index (Phi) is 6.11. The van der Waals surface area contributed by atoms with Crippen molar-refractivity contribution in [2.24, 2.45) is 0 Å². The summed E-state index contributed by atoms with van der Waals surface area (Å²) in [6, 6.07) is 8.37. The van der Waals surface area contributed by atoms with E-state index in [4.69, 9.17) is 7.85 Å². The lowest BCUT2D eigenvalue weighted by molar-refractivity contribution is 0.134. The SMILES string of the molecule is [B]c1ccc(NC=C)c(/C(=C(\C)C#N)N2CCN(CC)CC2C)c1. The number of nitrogens with zero attached hydrogens (tertiary/aromatic N) is 3. The summed E-state index contributed by atoms with van der Waals surface area (Å²) in [6.45, 7) is 13.9. The van der Waals surface area contributed by atoms with Gasteiger partial charge in [0, 0.05) is 36.9 Å². The molecule has 0 saturated carbocycles. The third-order valence-corrected chi connectivity index (χ3v) is 4.53. The van der Waals surface area contributed by atoms with E-state index in [1.165, 1.54) is 0 Å². The van der Waals surface area contributed by atoms with Crippen LogP contribution < -0.4 is 10.8 Å². The molecule has 5 heteroatoms. The van der Waals surface area contributed by atoms with E-state index in [0.717, 1.165) is 43.1 Å². The van der Waals surface area contributed by atoms with Crippen molar-refractivity contribution < 1.29 is 0 Å². The average Bonchev–Trinajstić information content (AvgIpc) is 2.58. The lowest BCUT2D eigenvalue weighted by Gasteiger charge is -2.42. The molecule has 4 nitrogen and oxygen atoms in total. The predicted octanol–water partition coefficient (Wildman–Crippen LogP) is 2.32. The molecule has 1 atom stereocenters. The normalized spacial score (nSPS) is 19.4. The van der Waals surface area contributed by atoms with E-state index in [1.807, 2.05) is 25.1 Å². The van der Waals surface area contributed by atoms with Gasteiger partial charge in [0.25, 0.3) is 0 Å². The molecule has 1 aliphatic heterocycles. The topological polar surface area (TPSA) is 42.3 Å². The van der Waals surface area contributed by atoms with Crippen LogP contribution >= 0.6 is 0 Å². The van der Waals surface area contributed by atoms with Crippen LogP contribution in [0.2, 0.25) is 0 Å². The molecule has 0 aromatic heterocycles. The van der Waals surface area contributed by atoms with Crippen molar-refractivity contribution in [1.29, 1.82) is 5.26 Å². The minimum Gasteiger partial charge on any atom is -0.365 e. The molecule has 24 heavy (non-hydrogen) atoms. The van der Waals surface area contributed by atoms with Gasteiger partial charge in [0.05, 0.1) is 17.3 Å². The first-order valence-corrected chi connectivity index (χ1v) is 8.39. The minimum atomic E-state index is 0.329. The summed E-state index contributed by atoms with van der Waals surface area (Å²) in [6.07, 6.45) is 1.65. The summed E-state index contributed by atoms with van der Waals surface area (Å²) >= 11 is 0. The van der Waals surface area contributed by atoms with Crippen LogP contribution in [-0.4, -0.2) is 49.9 Å². The third kappa shape index (κ3) is 3.83.